The number of ether oxygens (including phenoxy) is 3. The Morgan fingerprint density at radius 3 is 1.76 bits per heavy atom. The maximum absolute atomic E-state index is 15.0. The van der Waals surface area contributed by atoms with E-state index in [1.165, 1.54) is 69.4 Å². The van der Waals surface area contributed by atoms with E-state index in [0.29, 0.717) is 116 Å². The molecule has 3 aromatic carbocycles. The van der Waals surface area contributed by atoms with E-state index in [1.807, 2.05) is 6.92 Å². The number of esters is 3. The van der Waals surface area contributed by atoms with Gasteiger partial charge in [-0.05, 0) is 206 Å². The van der Waals surface area contributed by atoms with Crippen molar-refractivity contribution in [3.8, 4) is 5.75 Å². The molecule has 8 heterocycles. The summed E-state index contributed by atoms with van der Waals surface area (Å²) in [5.41, 5.74) is 4.70. The van der Waals surface area contributed by atoms with Gasteiger partial charge in [-0.2, -0.15) is 4.39 Å². The summed E-state index contributed by atoms with van der Waals surface area (Å²) < 4.78 is 102. The average molecular weight is 1590 g/mol. The molecule has 4 aromatic heterocycles. The van der Waals surface area contributed by atoms with Crippen LogP contribution >= 0.6 is 45.2 Å². The highest BCUT2D eigenvalue weighted by Gasteiger charge is 2.34. The van der Waals surface area contributed by atoms with Crippen LogP contribution in [0.3, 0.4) is 0 Å². The lowest BCUT2D eigenvalue weighted by Crippen LogP contribution is -2.43. The summed E-state index contributed by atoms with van der Waals surface area (Å²) >= 11 is 2.98. The molecule has 11 rings (SSSR count). The van der Waals surface area contributed by atoms with Crippen molar-refractivity contribution in [1.82, 2.24) is 49.8 Å². The van der Waals surface area contributed by atoms with Crippen LogP contribution in [0.15, 0.2) is 55.0 Å². The van der Waals surface area contributed by atoms with Crippen molar-refractivity contribution in [2.75, 3.05) is 52.4 Å². The Kier molecular flexibility index (Phi) is 24.1. The van der Waals surface area contributed by atoms with Gasteiger partial charge in [0.15, 0.2) is 40.5 Å². The molecule has 22 nitrogen and oxygen atoms in total. The SMILES string of the molecule is Cc1nc2n(c(=O)c1CCN1CCC(c3noc4cc(F)ccc34)CC1)CCCC2COC(=O)CCCC(=O)NC(CCCCNC(=O)CCCC(=O)OC1CCCn2c1nc(C)c(CCN1CCC(c3noc4cc(F)ccc34)CC1)c2=O)C(=O)Oc1c(F)c(F)c(F)c(I)c1I. The first kappa shape index (κ1) is 72.0. The highest BCUT2D eigenvalue weighted by molar-refractivity contribution is 14.1. The Balaban J connectivity index is 0.597. The number of fused-ring (bicyclic) bond motifs is 4. The topological polar surface area (TPSA) is 265 Å². The molecule has 4 aliphatic rings. The number of nitrogens with one attached hydrogen (secondary N) is 2. The number of unbranched alkanes of at least 4 members (excludes halogenated alkanes) is 1. The fourth-order valence-corrected chi connectivity index (χ4v) is 14.8. The second kappa shape index (κ2) is 32.8. The molecule has 0 bridgehead atoms. The van der Waals surface area contributed by atoms with E-state index in [-0.39, 0.29) is 118 Å². The fourth-order valence-electron chi connectivity index (χ4n) is 13.7. The highest BCUT2D eigenvalue weighted by atomic mass is 127. The van der Waals surface area contributed by atoms with Crippen molar-refractivity contribution >= 4 is 96.8 Å². The third-order valence-corrected chi connectivity index (χ3v) is 22.3. The molecule has 3 unspecified atom stereocenters. The summed E-state index contributed by atoms with van der Waals surface area (Å²) in [5.74, 6) is -9.03. The Morgan fingerprint density at radius 1 is 0.622 bits per heavy atom. The quantitative estimate of drug-likeness (QED) is 0.00921. The van der Waals surface area contributed by atoms with Crippen LogP contribution in [0.2, 0.25) is 0 Å². The van der Waals surface area contributed by atoms with Crippen LogP contribution in [-0.4, -0.2) is 127 Å². The molecule has 2 saturated heterocycles. The van der Waals surface area contributed by atoms with Gasteiger partial charge in [0.05, 0.1) is 24.4 Å². The van der Waals surface area contributed by atoms with Crippen LogP contribution in [0.5, 0.6) is 5.75 Å². The number of hydrogen-bond acceptors (Lipinski definition) is 18. The van der Waals surface area contributed by atoms with E-state index in [9.17, 15) is 51.1 Å². The smallest absolute Gasteiger partial charge is 0.334 e. The number of aryl methyl sites for hydroxylation is 2. The Hall–Kier alpha value is -7.26. The number of hydrogen-bond donors (Lipinski definition) is 2. The monoisotopic (exact) mass is 1590 g/mol. The molecular formula is C69H77F5I2N10O12. The van der Waals surface area contributed by atoms with E-state index >= 15 is 4.39 Å². The van der Waals surface area contributed by atoms with E-state index in [0.717, 1.165) is 74.0 Å². The molecule has 524 valence electrons. The van der Waals surface area contributed by atoms with Crippen LogP contribution in [0.4, 0.5) is 22.0 Å². The first-order chi connectivity index (χ1) is 47.2. The van der Waals surface area contributed by atoms with Crippen molar-refractivity contribution < 1.29 is 69.2 Å². The number of amides is 2. The molecule has 98 heavy (non-hydrogen) atoms. The van der Waals surface area contributed by atoms with Crippen molar-refractivity contribution in [1.29, 1.82) is 0 Å². The number of piperidine rings is 2. The number of likely N-dealkylation sites (tertiary alicyclic amines) is 2. The predicted molar refractivity (Wildman–Crippen MR) is 364 cm³/mol. The number of aromatic nitrogens is 6. The molecule has 29 heteroatoms. The molecule has 0 radical (unpaired) electrons. The third kappa shape index (κ3) is 17.1. The maximum Gasteiger partial charge on any atom is 0.334 e. The van der Waals surface area contributed by atoms with Crippen molar-refractivity contribution in [2.45, 2.75) is 179 Å². The van der Waals surface area contributed by atoms with Crippen LogP contribution in [0.1, 0.15) is 179 Å². The van der Waals surface area contributed by atoms with Gasteiger partial charge in [0.1, 0.15) is 30.1 Å². The summed E-state index contributed by atoms with van der Waals surface area (Å²) in [6.45, 7) is 9.11. The zero-order valence-electron chi connectivity index (χ0n) is 54.5. The highest BCUT2D eigenvalue weighted by Crippen LogP contribution is 2.37. The number of halogens is 7. The van der Waals surface area contributed by atoms with Gasteiger partial charge in [0, 0.05) is 116 Å². The Labute approximate surface area is 588 Å². The zero-order valence-corrected chi connectivity index (χ0v) is 58.8. The molecule has 4 aliphatic heterocycles. The largest absolute Gasteiger partial charge is 0.465 e. The van der Waals surface area contributed by atoms with E-state index in [2.05, 4.69) is 30.7 Å². The second-order valence-corrected chi connectivity index (χ2v) is 27.9. The van der Waals surface area contributed by atoms with Crippen LogP contribution in [0, 0.1) is 50.1 Å². The molecule has 2 fully saturated rings. The Bertz CT molecular complexity index is 4220. The first-order valence-electron chi connectivity index (χ1n) is 33.6. The van der Waals surface area contributed by atoms with Gasteiger partial charge < -0.3 is 43.7 Å². The van der Waals surface area contributed by atoms with Gasteiger partial charge in [-0.1, -0.05) is 10.3 Å². The predicted octanol–water partition coefficient (Wildman–Crippen LogP) is 10.7. The van der Waals surface area contributed by atoms with Gasteiger partial charge in [0.25, 0.3) is 11.1 Å². The van der Waals surface area contributed by atoms with Gasteiger partial charge in [-0.15, -0.1) is 0 Å². The summed E-state index contributed by atoms with van der Waals surface area (Å²) in [6, 6.07) is 7.50. The molecule has 0 spiro atoms. The van der Waals surface area contributed by atoms with Crippen LogP contribution in [-0.2, 0) is 59.4 Å². The average Bonchev–Trinajstić information content (AvgIpc) is 1.19. The molecule has 7 aromatic rings. The minimum atomic E-state index is -1.84. The van der Waals surface area contributed by atoms with E-state index < -0.39 is 59.2 Å². The normalized spacial score (nSPS) is 17.4. The van der Waals surface area contributed by atoms with Gasteiger partial charge in [-0.3, -0.25) is 37.9 Å². The summed E-state index contributed by atoms with van der Waals surface area (Å²) in [6.07, 6.45) is 6.10. The first-order valence-corrected chi connectivity index (χ1v) is 35.7. The lowest BCUT2D eigenvalue weighted by Gasteiger charge is -2.31. The van der Waals surface area contributed by atoms with E-state index in [4.69, 9.17) is 33.2 Å². The summed E-state index contributed by atoms with van der Waals surface area (Å²) in [4.78, 5) is 108. The fraction of sp³-hybridized carbons (Fsp3) is 0.522. The molecule has 0 saturated carbocycles. The molecule has 0 aliphatic carbocycles. The third-order valence-electron chi connectivity index (χ3n) is 19.2. The maximum atomic E-state index is 15.0. The lowest BCUT2D eigenvalue weighted by molar-refractivity contribution is -0.151. The van der Waals surface area contributed by atoms with Crippen molar-refractivity contribution in [3.63, 3.8) is 0 Å². The minimum absolute atomic E-state index is 0.00993. The van der Waals surface area contributed by atoms with Gasteiger partial charge in [-0.25, -0.2) is 32.3 Å². The number of carbonyl (C=O) groups excluding carboxylic acids is 5. The lowest BCUT2D eigenvalue weighted by atomic mass is 9.91. The number of carbonyl (C=O) groups is 5. The second-order valence-electron chi connectivity index (χ2n) is 25.8. The van der Waals surface area contributed by atoms with E-state index in [1.54, 1.807) is 28.2 Å². The van der Waals surface area contributed by atoms with Crippen molar-refractivity contribution in [3.05, 3.63) is 139 Å². The number of nitrogens with zero attached hydrogens (tertiary/aromatic N) is 8. The molecular weight excluding hydrogens is 1510 g/mol. The number of rotatable bonds is 27. The van der Waals surface area contributed by atoms with Gasteiger partial charge in [0.2, 0.25) is 17.6 Å². The standard InChI is InChI=1S/C69H77F5I2N10O12/c1-38-45(24-33-83-29-20-40(21-30-83)62-47-18-16-43(70)35-51(47)97-81-62)67(91)85-27-7-9-42(65(85)78-38)37-94-55(89)14-6-13-54(88)80-49(69(93)96-64-59(74)57(72)58(73)60(75)61(64)76)10-3-4-26-77-53(87)12-5-15-56(90)95-50-11-8-28-86-66(50)79-39(2)46(68(86)92)25-34-84-31-22-41(23-32-84)63-48-19-17-44(71)36-52(48)98-82-63/h16-19,35-36,40-42,49-50H,3-15,20-34,37H2,1-2H3,(H,77,87)(H,80,88). The minimum Gasteiger partial charge on any atom is -0.465 e. The zero-order chi connectivity index (χ0) is 69.3. The van der Waals surface area contributed by atoms with Crippen LogP contribution in [0.25, 0.3) is 21.9 Å². The van der Waals surface area contributed by atoms with Gasteiger partial charge >= 0.3 is 17.9 Å². The summed E-state index contributed by atoms with van der Waals surface area (Å²) in [5, 5.41) is 15.5. The number of benzene rings is 3. The molecule has 3 atom stereocenters. The summed E-state index contributed by atoms with van der Waals surface area (Å²) in [7, 11) is 0. The molecule has 2 N–H and O–H groups in total. The molecule has 2 amide bonds. The Morgan fingerprint density at radius 2 is 1.16 bits per heavy atom. The van der Waals surface area contributed by atoms with Crippen LogP contribution < -0.4 is 26.5 Å². The van der Waals surface area contributed by atoms with Crippen molar-refractivity contribution in [2.24, 2.45) is 0 Å².